The molecule has 8 nitrogen and oxygen atoms in total. The number of H-pyrrole nitrogens is 1. The highest BCUT2D eigenvalue weighted by Gasteiger charge is 2.30. The van der Waals surface area contributed by atoms with E-state index in [1.54, 1.807) is 37.3 Å². The second-order valence-electron chi connectivity index (χ2n) is 7.55. The zero-order valence-electron chi connectivity index (χ0n) is 18.7. The number of oxazole rings is 1. The summed E-state index contributed by atoms with van der Waals surface area (Å²) in [6, 6.07) is 11.6. The van der Waals surface area contributed by atoms with Gasteiger partial charge in [0.15, 0.2) is 0 Å². The number of ether oxygens (including phenoxy) is 1. The third-order valence-electron chi connectivity index (χ3n) is 5.11. The van der Waals surface area contributed by atoms with Crippen LogP contribution in [0.3, 0.4) is 0 Å². The van der Waals surface area contributed by atoms with Crippen molar-refractivity contribution in [2.45, 2.75) is 33.1 Å². The largest absolute Gasteiger partial charge is 0.487 e. The van der Waals surface area contributed by atoms with E-state index in [-0.39, 0.29) is 12.5 Å². The molecule has 0 saturated heterocycles. The van der Waals surface area contributed by atoms with Gasteiger partial charge in [-0.05, 0) is 61.4 Å². The lowest BCUT2D eigenvalue weighted by Gasteiger charge is -2.07. The van der Waals surface area contributed by atoms with E-state index in [9.17, 15) is 22.8 Å². The van der Waals surface area contributed by atoms with Crippen molar-refractivity contribution in [1.29, 1.82) is 0 Å². The maximum Gasteiger partial charge on any atom is 0.440 e. The van der Waals surface area contributed by atoms with Gasteiger partial charge in [0, 0.05) is 5.56 Å². The van der Waals surface area contributed by atoms with Crippen LogP contribution in [0.5, 0.6) is 5.75 Å². The molecule has 2 heterocycles. The van der Waals surface area contributed by atoms with E-state index >= 15 is 0 Å². The van der Waals surface area contributed by atoms with Crippen molar-refractivity contribution in [3.05, 3.63) is 92.1 Å². The van der Waals surface area contributed by atoms with E-state index in [0.29, 0.717) is 40.4 Å². The molecule has 0 radical (unpaired) electrons. The van der Waals surface area contributed by atoms with E-state index in [4.69, 9.17) is 13.7 Å². The van der Waals surface area contributed by atoms with Crippen LogP contribution in [0.4, 0.5) is 13.2 Å². The lowest BCUT2D eigenvalue weighted by molar-refractivity contribution is -0.137. The molecule has 0 aliphatic rings. The molecule has 0 aliphatic carbocycles. The lowest BCUT2D eigenvalue weighted by Crippen LogP contribution is -2.15. The van der Waals surface area contributed by atoms with Crippen LogP contribution in [-0.2, 0) is 12.8 Å². The molecule has 1 N–H and O–H groups in total. The van der Waals surface area contributed by atoms with Gasteiger partial charge < -0.3 is 13.7 Å². The van der Waals surface area contributed by atoms with Gasteiger partial charge >= 0.3 is 17.6 Å². The van der Waals surface area contributed by atoms with Crippen LogP contribution in [0, 0.1) is 6.92 Å². The predicted octanol–water partition coefficient (Wildman–Crippen LogP) is 5.10. The number of hydrogen-bond acceptors (Lipinski definition) is 6. The summed E-state index contributed by atoms with van der Waals surface area (Å²) in [5.74, 6) is 0.337. The SMILES string of the molecule is CC/C(=C\c1cccc(OCc2nc(-c3ccc(C(F)(F)F)cc3)oc2C)c1)n1oc(=O)[nH]c1=O. The summed E-state index contributed by atoms with van der Waals surface area (Å²) >= 11 is 0. The molecular weight excluding hydrogens is 467 g/mol. The normalized spacial score (nSPS) is 12.2. The molecule has 0 spiro atoms. The number of nitrogens with one attached hydrogen (secondary N) is 1. The highest BCUT2D eigenvalue weighted by atomic mass is 19.4. The summed E-state index contributed by atoms with van der Waals surface area (Å²) in [6.45, 7) is 3.57. The van der Waals surface area contributed by atoms with Crippen LogP contribution < -0.4 is 16.2 Å². The van der Waals surface area contributed by atoms with Crippen molar-refractivity contribution in [2.75, 3.05) is 0 Å². The van der Waals surface area contributed by atoms with E-state index in [1.165, 1.54) is 12.1 Å². The molecule has 35 heavy (non-hydrogen) atoms. The predicted molar refractivity (Wildman–Crippen MR) is 120 cm³/mol. The monoisotopic (exact) mass is 487 g/mol. The van der Waals surface area contributed by atoms with Crippen LogP contribution in [-0.4, -0.2) is 14.7 Å². The first-order valence-corrected chi connectivity index (χ1v) is 10.5. The number of aryl methyl sites for hydroxylation is 1. The molecule has 0 bridgehead atoms. The number of hydrogen-bond donors (Lipinski definition) is 1. The fourth-order valence-corrected chi connectivity index (χ4v) is 3.30. The molecule has 4 rings (SSSR count). The fourth-order valence-electron chi connectivity index (χ4n) is 3.30. The van der Waals surface area contributed by atoms with E-state index in [0.717, 1.165) is 16.9 Å². The Morgan fingerprint density at radius 2 is 1.91 bits per heavy atom. The molecule has 2 aromatic heterocycles. The van der Waals surface area contributed by atoms with E-state index < -0.39 is 23.2 Å². The van der Waals surface area contributed by atoms with Crippen LogP contribution in [0.1, 0.15) is 35.9 Å². The first kappa shape index (κ1) is 23.9. The highest BCUT2D eigenvalue weighted by Crippen LogP contribution is 2.31. The van der Waals surface area contributed by atoms with Crippen LogP contribution in [0.25, 0.3) is 23.2 Å². The van der Waals surface area contributed by atoms with Gasteiger partial charge in [-0.15, -0.1) is 4.74 Å². The summed E-state index contributed by atoms with van der Waals surface area (Å²) < 4.78 is 55.6. The molecule has 11 heteroatoms. The number of nitrogens with zero attached hydrogens (tertiary/aromatic N) is 2. The van der Waals surface area contributed by atoms with E-state index in [2.05, 4.69) is 4.98 Å². The molecule has 2 aromatic carbocycles. The first-order valence-electron chi connectivity index (χ1n) is 10.5. The van der Waals surface area contributed by atoms with Crippen LogP contribution in [0.15, 0.2) is 67.1 Å². The van der Waals surface area contributed by atoms with Gasteiger partial charge in [0.25, 0.3) is 0 Å². The number of halogens is 3. The van der Waals surface area contributed by atoms with E-state index in [1.807, 2.05) is 11.9 Å². The Balaban J connectivity index is 1.49. The Bertz CT molecular complexity index is 1470. The summed E-state index contributed by atoms with van der Waals surface area (Å²) in [5.41, 5.74) is 0.669. The minimum absolute atomic E-state index is 0.0654. The molecule has 4 aromatic rings. The van der Waals surface area contributed by atoms with Gasteiger partial charge in [-0.3, -0.25) is 0 Å². The molecule has 0 aliphatic heterocycles. The highest BCUT2D eigenvalue weighted by molar-refractivity contribution is 5.70. The Morgan fingerprint density at radius 1 is 1.17 bits per heavy atom. The quantitative estimate of drug-likeness (QED) is 0.389. The Morgan fingerprint density at radius 3 is 2.54 bits per heavy atom. The molecule has 0 atom stereocenters. The minimum Gasteiger partial charge on any atom is -0.487 e. The summed E-state index contributed by atoms with van der Waals surface area (Å²) in [4.78, 5) is 29.5. The molecule has 0 unspecified atom stereocenters. The molecule has 0 amide bonds. The second kappa shape index (κ2) is 9.53. The van der Waals surface area contributed by atoms with Gasteiger partial charge in [-0.1, -0.05) is 19.1 Å². The Kier molecular flexibility index (Phi) is 6.50. The van der Waals surface area contributed by atoms with Crippen molar-refractivity contribution in [3.63, 3.8) is 0 Å². The Hall–Kier alpha value is -4.28. The molecule has 0 fully saturated rings. The zero-order chi connectivity index (χ0) is 25.2. The van der Waals surface area contributed by atoms with Gasteiger partial charge in [0.2, 0.25) is 5.89 Å². The maximum absolute atomic E-state index is 12.8. The number of allylic oxidation sites excluding steroid dienone is 1. The van der Waals surface area contributed by atoms with Crippen LogP contribution >= 0.6 is 0 Å². The van der Waals surface area contributed by atoms with Crippen molar-refractivity contribution in [1.82, 2.24) is 14.7 Å². The summed E-state index contributed by atoms with van der Waals surface area (Å²) in [5, 5.41) is 0. The topological polar surface area (TPSA) is 103 Å². The summed E-state index contributed by atoms with van der Waals surface area (Å²) in [7, 11) is 0. The molecule has 182 valence electrons. The van der Waals surface area contributed by atoms with Crippen LogP contribution in [0.2, 0.25) is 0 Å². The fraction of sp³-hybridized carbons (Fsp3) is 0.208. The van der Waals surface area contributed by atoms with Gasteiger partial charge in [-0.2, -0.15) is 13.2 Å². The average molecular weight is 487 g/mol. The third-order valence-corrected chi connectivity index (χ3v) is 5.11. The van der Waals surface area contributed by atoms with Crippen molar-refractivity contribution in [3.8, 4) is 17.2 Å². The maximum atomic E-state index is 12.8. The van der Waals surface area contributed by atoms with Gasteiger partial charge in [0.05, 0.1) is 11.3 Å². The molecular formula is C24H20F3N3O5. The second-order valence-corrected chi connectivity index (χ2v) is 7.55. The van der Waals surface area contributed by atoms with Gasteiger partial charge in [0.1, 0.15) is 23.8 Å². The Labute approximate surface area is 196 Å². The standard InChI is InChI=1S/C24H20F3N3O5/c1-3-18(30-22(31)29-23(32)35-30)11-15-5-4-6-19(12-15)33-13-20-14(2)34-21(28-20)16-7-9-17(10-8-16)24(25,26)27/h4-12H,3,13H2,1-2H3,(H,29,31,32)/b18-11+. The third kappa shape index (κ3) is 5.45. The first-order chi connectivity index (χ1) is 16.6. The number of benzene rings is 2. The number of aromatic nitrogens is 3. The molecule has 0 saturated carbocycles. The van der Waals surface area contributed by atoms with Crippen molar-refractivity contribution in [2.24, 2.45) is 0 Å². The van der Waals surface area contributed by atoms with Crippen molar-refractivity contribution >= 4 is 11.8 Å². The summed E-state index contributed by atoms with van der Waals surface area (Å²) in [6.07, 6.45) is -2.30. The number of alkyl halides is 3. The number of aromatic amines is 1. The van der Waals surface area contributed by atoms with Crippen molar-refractivity contribution < 1.29 is 26.8 Å². The zero-order valence-corrected chi connectivity index (χ0v) is 18.7. The minimum atomic E-state index is -4.42. The lowest BCUT2D eigenvalue weighted by atomic mass is 10.1. The van der Waals surface area contributed by atoms with Gasteiger partial charge in [-0.25, -0.2) is 19.6 Å². The smallest absolute Gasteiger partial charge is 0.440 e. The average Bonchev–Trinajstić information content (AvgIpc) is 3.36. The number of rotatable bonds is 7.